The van der Waals surface area contributed by atoms with Crippen molar-refractivity contribution >= 4 is 6.03 Å². The third-order valence-corrected chi connectivity index (χ3v) is 4.36. The molecule has 2 aliphatic heterocycles. The highest BCUT2D eigenvalue weighted by atomic mass is 19.2. The zero-order valence-corrected chi connectivity index (χ0v) is 12.7. The molecule has 0 aromatic heterocycles. The lowest BCUT2D eigenvalue weighted by Gasteiger charge is -2.32. The van der Waals surface area contributed by atoms with Crippen molar-refractivity contribution < 1.29 is 23.4 Å². The summed E-state index contributed by atoms with van der Waals surface area (Å²) in [5.74, 6) is -1.84. The average molecular weight is 326 g/mol. The van der Waals surface area contributed by atoms with Crippen molar-refractivity contribution in [2.24, 2.45) is 0 Å². The van der Waals surface area contributed by atoms with Crippen LogP contribution < -0.4 is 5.32 Å². The molecule has 5 nitrogen and oxygen atoms in total. The smallest absolute Gasteiger partial charge is 0.317 e. The molecule has 3 rings (SSSR count). The van der Waals surface area contributed by atoms with E-state index in [4.69, 9.17) is 4.74 Å². The molecule has 3 atom stereocenters. The number of aliphatic hydroxyl groups excluding tert-OH is 1. The molecule has 2 aliphatic rings. The summed E-state index contributed by atoms with van der Waals surface area (Å²) in [7, 11) is 0. The molecule has 2 fully saturated rings. The summed E-state index contributed by atoms with van der Waals surface area (Å²) in [6.07, 6.45) is 1.09. The summed E-state index contributed by atoms with van der Waals surface area (Å²) < 4.78 is 32.0. The van der Waals surface area contributed by atoms with Crippen LogP contribution in [0.25, 0.3) is 0 Å². The Hall–Kier alpha value is -1.73. The van der Waals surface area contributed by atoms with Gasteiger partial charge in [0.2, 0.25) is 0 Å². The SMILES string of the molecule is O=C(NC1CCOC1c1ccc(F)c(F)c1)N1CCCC(O)C1. The van der Waals surface area contributed by atoms with Crippen LogP contribution >= 0.6 is 0 Å². The first-order valence-corrected chi connectivity index (χ1v) is 7.84. The predicted octanol–water partition coefficient (Wildman–Crippen LogP) is 1.96. The van der Waals surface area contributed by atoms with Crippen LogP contribution in [-0.2, 0) is 4.74 Å². The Labute approximate surface area is 133 Å². The number of hydrogen-bond acceptors (Lipinski definition) is 3. The van der Waals surface area contributed by atoms with Crippen LogP contribution in [0.1, 0.15) is 30.9 Å². The first kappa shape index (κ1) is 16.1. The number of urea groups is 1. The minimum absolute atomic E-state index is 0.258. The van der Waals surface area contributed by atoms with Gasteiger partial charge in [-0.1, -0.05) is 6.07 Å². The fourth-order valence-electron chi connectivity index (χ4n) is 3.14. The molecule has 23 heavy (non-hydrogen) atoms. The molecule has 2 heterocycles. The van der Waals surface area contributed by atoms with Crippen LogP contribution in [0.5, 0.6) is 0 Å². The molecule has 2 amide bonds. The molecule has 1 aromatic carbocycles. The van der Waals surface area contributed by atoms with Gasteiger partial charge in [-0.15, -0.1) is 0 Å². The lowest BCUT2D eigenvalue weighted by molar-refractivity contribution is 0.0774. The van der Waals surface area contributed by atoms with Crippen molar-refractivity contribution in [3.8, 4) is 0 Å². The van der Waals surface area contributed by atoms with Crippen molar-refractivity contribution in [2.45, 2.75) is 37.5 Å². The highest BCUT2D eigenvalue weighted by molar-refractivity contribution is 5.74. The van der Waals surface area contributed by atoms with Gasteiger partial charge in [0.05, 0.1) is 12.1 Å². The number of aliphatic hydroxyl groups is 1. The van der Waals surface area contributed by atoms with Gasteiger partial charge in [0.1, 0.15) is 6.10 Å². The maximum atomic E-state index is 13.4. The molecule has 2 N–H and O–H groups in total. The summed E-state index contributed by atoms with van der Waals surface area (Å²) in [4.78, 5) is 13.9. The minimum atomic E-state index is -0.928. The van der Waals surface area contributed by atoms with Gasteiger partial charge in [-0.05, 0) is 37.0 Å². The van der Waals surface area contributed by atoms with Crippen molar-refractivity contribution in [3.05, 3.63) is 35.4 Å². The Bertz CT molecular complexity index is 584. The lowest BCUT2D eigenvalue weighted by Crippen LogP contribution is -2.50. The topological polar surface area (TPSA) is 61.8 Å². The molecular formula is C16H20F2N2O3. The van der Waals surface area contributed by atoms with Crippen molar-refractivity contribution in [1.82, 2.24) is 10.2 Å². The molecule has 0 bridgehead atoms. The van der Waals surface area contributed by atoms with Gasteiger partial charge >= 0.3 is 6.03 Å². The summed E-state index contributed by atoms with van der Waals surface area (Å²) in [5, 5.41) is 12.5. The van der Waals surface area contributed by atoms with E-state index in [0.29, 0.717) is 38.1 Å². The summed E-state index contributed by atoms with van der Waals surface area (Å²) in [6.45, 7) is 1.36. The fraction of sp³-hybridized carbons (Fsp3) is 0.562. The van der Waals surface area contributed by atoms with Crippen LogP contribution in [0.4, 0.5) is 13.6 Å². The maximum absolute atomic E-state index is 13.4. The second-order valence-electron chi connectivity index (χ2n) is 6.05. The third-order valence-electron chi connectivity index (χ3n) is 4.36. The molecule has 0 aliphatic carbocycles. The number of carbonyl (C=O) groups is 1. The Morgan fingerprint density at radius 1 is 1.30 bits per heavy atom. The van der Waals surface area contributed by atoms with Gasteiger partial charge in [0, 0.05) is 19.7 Å². The van der Waals surface area contributed by atoms with E-state index >= 15 is 0 Å². The lowest BCUT2D eigenvalue weighted by atomic mass is 10.0. The third kappa shape index (κ3) is 3.61. The average Bonchev–Trinajstić information content (AvgIpc) is 2.98. The maximum Gasteiger partial charge on any atom is 0.317 e. The number of amides is 2. The van der Waals surface area contributed by atoms with E-state index in [2.05, 4.69) is 5.32 Å². The number of nitrogens with zero attached hydrogens (tertiary/aromatic N) is 1. The Morgan fingerprint density at radius 3 is 2.87 bits per heavy atom. The van der Waals surface area contributed by atoms with Gasteiger partial charge in [-0.3, -0.25) is 0 Å². The minimum Gasteiger partial charge on any atom is -0.391 e. The Balaban J connectivity index is 1.66. The summed E-state index contributed by atoms with van der Waals surface area (Å²) in [5.41, 5.74) is 0.505. The van der Waals surface area contributed by atoms with E-state index < -0.39 is 23.8 Å². The highest BCUT2D eigenvalue weighted by Crippen LogP contribution is 2.30. The number of piperidine rings is 1. The quantitative estimate of drug-likeness (QED) is 0.873. The van der Waals surface area contributed by atoms with E-state index in [1.807, 2.05) is 0 Å². The number of ether oxygens (including phenoxy) is 1. The van der Waals surface area contributed by atoms with Gasteiger partial charge in [0.25, 0.3) is 0 Å². The van der Waals surface area contributed by atoms with Gasteiger partial charge in [-0.25, -0.2) is 13.6 Å². The second kappa shape index (κ2) is 6.80. The molecule has 0 spiro atoms. The molecule has 1 aromatic rings. The number of rotatable bonds is 2. The molecule has 7 heteroatoms. The van der Waals surface area contributed by atoms with Crippen LogP contribution in [0.15, 0.2) is 18.2 Å². The predicted molar refractivity (Wildman–Crippen MR) is 78.8 cm³/mol. The molecule has 2 saturated heterocycles. The van der Waals surface area contributed by atoms with E-state index in [-0.39, 0.29) is 12.1 Å². The zero-order chi connectivity index (χ0) is 16.4. The summed E-state index contributed by atoms with van der Waals surface area (Å²) >= 11 is 0. The molecule has 0 saturated carbocycles. The molecule has 126 valence electrons. The fourth-order valence-corrected chi connectivity index (χ4v) is 3.14. The number of benzene rings is 1. The highest BCUT2D eigenvalue weighted by Gasteiger charge is 2.33. The van der Waals surface area contributed by atoms with Gasteiger partial charge in [-0.2, -0.15) is 0 Å². The number of halogens is 2. The Kier molecular flexibility index (Phi) is 4.77. The molecular weight excluding hydrogens is 306 g/mol. The number of carbonyl (C=O) groups excluding carboxylic acids is 1. The monoisotopic (exact) mass is 326 g/mol. The van der Waals surface area contributed by atoms with Crippen LogP contribution in [0.2, 0.25) is 0 Å². The second-order valence-corrected chi connectivity index (χ2v) is 6.05. The van der Waals surface area contributed by atoms with Crippen molar-refractivity contribution in [3.63, 3.8) is 0 Å². The first-order chi connectivity index (χ1) is 11.0. The number of likely N-dealkylation sites (tertiary alicyclic amines) is 1. The zero-order valence-electron chi connectivity index (χ0n) is 12.7. The normalized spacial score (nSPS) is 28.0. The van der Waals surface area contributed by atoms with E-state index in [1.165, 1.54) is 6.07 Å². The summed E-state index contributed by atoms with van der Waals surface area (Å²) in [6, 6.07) is 3.08. The van der Waals surface area contributed by atoms with E-state index in [1.54, 1.807) is 4.90 Å². The van der Waals surface area contributed by atoms with Crippen LogP contribution in [-0.4, -0.2) is 47.9 Å². The standard InChI is InChI=1S/C16H20F2N2O3/c17-12-4-3-10(8-13(12)18)15-14(5-7-23-15)19-16(22)20-6-1-2-11(21)9-20/h3-4,8,11,14-15,21H,1-2,5-7,9H2,(H,19,22). The largest absolute Gasteiger partial charge is 0.391 e. The number of nitrogens with one attached hydrogen (secondary N) is 1. The van der Waals surface area contributed by atoms with Crippen LogP contribution in [0, 0.1) is 11.6 Å². The van der Waals surface area contributed by atoms with Gasteiger partial charge in [0.15, 0.2) is 11.6 Å². The van der Waals surface area contributed by atoms with Crippen molar-refractivity contribution in [1.29, 1.82) is 0 Å². The molecule has 3 unspecified atom stereocenters. The Morgan fingerprint density at radius 2 is 2.13 bits per heavy atom. The van der Waals surface area contributed by atoms with Gasteiger partial charge < -0.3 is 20.1 Å². The van der Waals surface area contributed by atoms with E-state index in [0.717, 1.165) is 18.6 Å². The number of hydrogen-bond donors (Lipinski definition) is 2. The van der Waals surface area contributed by atoms with E-state index in [9.17, 15) is 18.7 Å². The number of β-amino-alcohol motifs (C(OH)–C–C–N with tert-alkyl or cyclic N) is 1. The van der Waals surface area contributed by atoms with Crippen LogP contribution in [0.3, 0.4) is 0 Å². The van der Waals surface area contributed by atoms with Crippen molar-refractivity contribution in [2.75, 3.05) is 19.7 Å². The first-order valence-electron chi connectivity index (χ1n) is 7.84. The molecule has 0 radical (unpaired) electrons.